The number of hydrazone groups is 1. The van der Waals surface area contributed by atoms with Crippen molar-refractivity contribution in [2.24, 2.45) is 5.10 Å². The number of nitrogens with zero attached hydrogens (tertiary/aromatic N) is 1. The first-order valence-electron chi connectivity index (χ1n) is 11.0. The quantitative estimate of drug-likeness (QED) is 0.246. The monoisotopic (exact) mass is 446 g/mol. The number of ether oxygens (including phenoxy) is 3. The SMILES string of the molecule is CCOc1cc(C=NNC(=O)c2ccccc2)ccc1OCCCOc1ccc(C)c(C)c1. The molecule has 0 saturated heterocycles. The number of hydrogen-bond donors (Lipinski definition) is 1. The van der Waals surface area contributed by atoms with Gasteiger partial charge in [-0.1, -0.05) is 24.3 Å². The Balaban J connectivity index is 1.50. The average molecular weight is 447 g/mol. The fourth-order valence-electron chi connectivity index (χ4n) is 3.05. The average Bonchev–Trinajstić information content (AvgIpc) is 2.83. The van der Waals surface area contributed by atoms with Gasteiger partial charge in [-0.2, -0.15) is 5.10 Å². The van der Waals surface area contributed by atoms with Crippen LogP contribution >= 0.6 is 0 Å². The van der Waals surface area contributed by atoms with Crippen molar-refractivity contribution < 1.29 is 19.0 Å². The highest BCUT2D eigenvalue weighted by Crippen LogP contribution is 2.28. The summed E-state index contributed by atoms with van der Waals surface area (Å²) in [6.45, 7) is 7.66. The molecule has 3 aromatic carbocycles. The fourth-order valence-corrected chi connectivity index (χ4v) is 3.05. The Morgan fingerprint density at radius 1 is 0.879 bits per heavy atom. The Labute approximate surface area is 195 Å². The van der Waals surface area contributed by atoms with E-state index < -0.39 is 0 Å². The van der Waals surface area contributed by atoms with E-state index >= 15 is 0 Å². The first kappa shape index (κ1) is 23.9. The van der Waals surface area contributed by atoms with Crippen LogP contribution in [0.15, 0.2) is 71.8 Å². The van der Waals surface area contributed by atoms with E-state index in [1.54, 1.807) is 30.5 Å². The predicted molar refractivity (Wildman–Crippen MR) is 131 cm³/mol. The predicted octanol–water partition coefficient (Wildman–Crippen LogP) is 5.31. The van der Waals surface area contributed by atoms with Crippen molar-refractivity contribution in [1.29, 1.82) is 0 Å². The van der Waals surface area contributed by atoms with Crippen molar-refractivity contribution in [3.63, 3.8) is 0 Å². The van der Waals surface area contributed by atoms with Gasteiger partial charge in [0, 0.05) is 12.0 Å². The number of hydrogen-bond acceptors (Lipinski definition) is 5. The maximum atomic E-state index is 12.1. The van der Waals surface area contributed by atoms with E-state index in [0.29, 0.717) is 36.9 Å². The van der Waals surface area contributed by atoms with Gasteiger partial charge in [0.15, 0.2) is 11.5 Å². The van der Waals surface area contributed by atoms with E-state index in [2.05, 4.69) is 30.4 Å². The van der Waals surface area contributed by atoms with E-state index in [-0.39, 0.29) is 5.91 Å². The molecule has 33 heavy (non-hydrogen) atoms. The molecule has 1 N–H and O–H groups in total. The highest BCUT2D eigenvalue weighted by atomic mass is 16.5. The minimum Gasteiger partial charge on any atom is -0.493 e. The van der Waals surface area contributed by atoms with Gasteiger partial charge in [-0.15, -0.1) is 0 Å². The third-order valence-electron chi connectivity index (χ3n) is 4.98. The lowest BCUT2D eigenvalue weighted by molar-refractivity contribution is 0.0955. The van der Waals surface area contributed by atoms with Gasteiger partial charge in [-0.25, -0.2) is 5.43 Å². The fraction of sp³-hybridized carbons (Fsp3) is 0.259. The summed E-state index contributed by atoms with van der Waals surface area (Å²) in [6, 6.07) is 20.6. The molecule has 172 valence electrons. The Bertz CT molecular complexity index is 1080. The molecule has 0 atom stereocenters. The number of rotatable bonds is 11. The van der Waals surface area contributed by atoms with E-state index in [1.165, 1.54) is 11.1 Å². The largest absolute Gasteiger partial charge is 0.493 e. The van der Waals surface area contributed by atoms with Gasteiger partial charge in [0.25, 0.3) is 5.91 Å². The van der Waals surface area contributed by atoms with Crippen LogP contribution in [0, 0.1) is 13.8 Å². The summed E-state index contributed by atoms with van der Waals surface area (Å²) in [5.74, 6) is 1.90. The molecule has 3 rings (SSSR count). The molecule has 0 aliphatic rings. The summed E-state index contributed by atoms with van der Waals surface area (Å²) in [4.78, 5) is 12.1. The van der Waals surface area contributed by atoms with Crippen LogP contribution in [0.2, 0.25) is 0 Å². The van der Waals surface area contributed by atoms with Crippen molar-refractivity contribution in [1.82, 2.24) is 5.43 Å². The van der Waals surface area contributed by atoms with Crippen molar-refractivity contribution in [2.75, 3.05) is 19.8 Å². The van der Waals surface area contributed by atoms with E-state index in [0.717, 1.165) is 17.7 Å². The van der Waals surface area contributed by atoms with Gasteiger partial charge in [0.05, 0.1) is 26.0 Å². The molecule has 0 spiro atoms. The van der Waals surface area contributed by atoms with Crippen LogP contribution in [0.3, 0.4) is 0 Å². The second-order valence-electron chi connectivity index (χ2n) is 7.50. The highest BCUT2D eigenvalue weighted by Gasteiger charge is 2.07. The molecule has 0 saturated carbocycles. The molecular formula is C27H30N2O4. The number of carbonyl (C=O) groups is 1. The van der Waals surface area contributed by atoms with E-state index in [4.69, 9.17) is 14.2 Å². The maximum Gasteiger partial charge on any atom is 0.271 e. The zero-order chi connectivity index (χ0) is 23.5. The summed E-state index contributed by atoms with van der Waals surface area (Å²) in [7, 11) is 0. The number of carbonyl (C=O) groups excluding carboxylic acids is 1. The summed E-state index contributed by atoms with van der Waals surface area (Å²) in [5, 5.41) is 4.04. The first-order valence-corrected chi connectivity index (χ1v) is 11.0. The molecule has 0 aliphatic heterocycles. The normalized spacial score (nSPS) is 10.8. The van der Waals surface area contributed by atoms with Crippen LogP contribution < -0.4 is 19.6 Å². The molecule has 6 heteroatoms. The summed E-state index contributed by atoms with van der Waals surface area (Å²) >= 11 is 0. The summed E-state index contributed by atoms with van der Waals surface area (Å²) < 4.78 is 17.4. The molecule has 0 aliphatic carbocycles. The standard InChI is InChI=1S/C27H30N2O4/c1-4-31-26-18-22(19-28-29-27(30)23-9-6-5-7-10-23)12-14-25(26)33-16-8-15-32-24-13-11-20(2)21(3)17-24/h5-7,9-14,17-19H,4,8,15-16H2,1-3H3,(H,29,30). The van der Waals surface area contributed by atoms with Gasteiger partial charge in [-0.3, -0.25) is 4.79 Å². The van der Waals surface area contributed by atoms with Crippen LogP contribution in [-0.2, 0) is 0 Å². The van der Waals surface area contributed by atoms with Crippen molar-refractivity contribution in [3.8, 4) is 17.2 Å². The van der Waals surface area contributed by atoms with Crippen molar-refractivity contribution in [3.05, 3.63) is 89.0 Å². The highest BCUT2D eigenvalue weighted by molar-refractivity contribution is 5.94. The molecule has 1 amide bonds. The van der Waals surface area contributed by atoms with Gasteiger partial charge >= 0.3 is 0 Å². The lowest BCUT2D eigenvalue weighted by Gasteiger charge is -2.13. The Kier molecular flexibility index (Phi) is 8.88. The Hall–Kier alpha value is -3.80. The van der Waals surface area contributed by atoms with E-state index in [9.17, 15) is 4.79 Å². The molecule has 6 nitrogen and oxygen atoms in total. The maximum absolute atomic E-state index is 12.1. The summed E-state index contributed by atoms with van der Waals surface area (Å²) in [5.41, 5.74) is 6.33. The van der Waals surface area contributed by atoms with Crippen LogP contribution in [0.5, 0.6) is 17.2 Å². The molecule has 0 unspecified atom stereocenters. The Morgan fingerprint density at radius 2 is 1.67 bits per heavy atom. The summed E-state index contributed by atoms with van der Waals surface area (Å²) in [6.07, 6.45) is 2.32. The minimum absolute atomic E-state index is 0.264. The third kappa shape index (κ3) is 7.38. The number of amides is 1. The minimum atomic E-state index is -0.264. The number of benzene rings is 3. The van der Waals surface area contributed by atoms with E-state index in [1.807, 2.05) is 43.3 Å². The second kappa shape index (κ2) is 12.3. The van der Waals surface area contributed by atoms with Crippen molar-refractivity contribution >= 4 is 12.1 Å². The molecular weight excluding hydrogens is 416 g/mol. The zero-order valence-corrected chi connectivity index (χ0v) is 19.3. The molecule has 0 bridgehead atoms. The molecule has 0 radical (unpaired) electrons. The lowest BCUT2D eigenvalue weighted by Crippen LogP contribution is -2.17. The first-order chi connectivity index (χ1) is 16.1. The second-order valence-corrected chi connectivity index (χ2v) is 7.50. The molecule has 0 heterocycles. The third-order valence-corrected chi connectivity index (χ3v) is 4.98. The molecule has 0 fully saturated rings. The van der Waals surface area contributed by atoms with Gasteiger partial charge in [-0.05, 0) is 79.9 Å². The smallest absolute Gasteiger partial charge is 0.271 e. The van der Waals surface area contributed by atoms with Crippen LogP contribution in [0.25, 0.3) is 0 Å². The zero-order valence-electron chi connectivity index (χ0n) is 19.3. The molecule has 0 aromatic heterocycles. The number of aryl methyl sites for hydroxylation is 2. The van der Waals surface area contributed by atoms with Gasteiger partial charge in [0.1, 0.15) is 5.75 Å². The number of nitrogens with one attached hydrogen (secondary N) is 1. The van der Waals surface area contributed by atoms with Gasteiger partial charge < -0.3 is 14.2 Å². The van der Waals surface area contributed by atoms with Crippen LogP contribution in [-0.4, -0.2) is 31.9 Å². The lowest BCUT2D eigenvalue weighted by atomic mass is 10.1. The Morgan fingerprint density at radius 3 is 2.42 bits per heavy atom. The van der Waals surface area contributed by atoms with Gasteiger partial charge in [0.2, 0.25) is 0 Å². The topological polar surface area (TPSA) is 69.2 Å². The van der Waals surface area contributed by atoms with Crippen LogP contribution in [0.1, 0.15) is 40.4 Å². The molecule has 3 aromatic rings. The van der Waals surface area contributed by atoms with Crippen LogP contribution in [0.4, 0.5) is 0 Å². The van der Waals surface area contributed by atoms with Crippen molar-refractivity contribution in [2.45, 2.75) is 27.2 Å².